The number of fused-ring (bicyclic) bond motifs is 2. The van der Waals surface area contributed by atoms with Crippen LogP contribution in [0.25, 0.3) is 0 Å². The summed E-state index contributed by atoms with van der Waals surface area (Å²) in [6.07, 6.45) is 1.24. The van der Waals surface area contributed by atoms with E-state index in [9.17, 15) is 4.79 Å². The summed E-state index contributed by atoms with van der Waals surface area (Å²) in [4.78, 5) is 13.6. The fraction of sp³-hybridized carbons (Fsp3) is 0.367. The lowest BCUT2D eigenvalue weighted by Gasteiger charge is -2.40. The van der Waals surface area contributed by atoms with Crippen LogP contribution in [0.1, 0.15) is 46.6 Å². The lowest BCUT2D eigenvalue weighted by Crippen LogP contribution is -2.59. The molecule has 0 spiro atoms. The molecule has 1 aliphatic heterocycles. The van der Waals surface area contributed by atoms with E-state index in [2.05, 4.69) is 105 Å². The van der Waals surface area contributed by atoms with Gasteiger partial charge in [0.05, 0.1) is 7.11 Å². The molecule has 1 atom stereocenters. The number of ether oxygens (including phenoxy) is 1. The molecule has 3 aromatic rings. The molecule has 0 aromatic heterocycles. The number of benzene rings is 3. The van der Waals surface area contributed by atoms with Gasteiger partial charge >= 0.3 is 5.97 Å². The van der Waals surface area contributed by atoms with Crippen LogP contribution in [-0.2, 0) is 16.1 Å². The number of esters is 1. The third kappa shape index (κ3) is 5.07. The molecule has 0 radical (unpaired) electrons. The van der Waals surface area contributed by atoms with Crippen LogP contribution in [0.2, 0.25) is 13.1 Å². The van der Waals surface area contributed by atoms with Crippen molar-refractivity contribution in [3.05, 3.63) is 88.5 Å². The van der Waals surface area contributed by atoms with Gasteiger partial charge in [-0.15, -0.1) is 0 Å². The molecule has 4 rings (SSSR count). The normalized spacial score (nSPS) is 15.8. The SMILES string of the molecule is COC(=O)CCCNCc1ccc2c(c1)[Si](C)(C)c1cc(N(C)C)ccc1C2c1ccccc1C. The van der Waals surface area contributed by atoms with E-state index in [4.69, 9.17) is 4.74 Å². The molecule has 1 aliphatic rings. The number of carbonyl (C=O) groups excluding carboxylic acids is 1. The van der Waals surface area contributed by atoms with Gasteiger partial charge in [0.25, 0.3) is 0 Å². The molecule has 0 amide bonds. The fourth-order valence-corrected chi connectivity index (χ4v) is 8.62. The molecule has 1 unspecified atom stereocenters. The first-order valence-corrected chi connectivity index (χ1v) is 15.5. The third-order valence-corrected chi connectivity index (χ3v) is 11.0. The molecule has 0 saturated heterocycles. The molecule has 0 aliphatic carbocycles. The van der Waals surface area contributed by atoms with E-state index in [1.165, 1.54) is 51.0 Å². The molecule has 0 fully saturated rings. The number of hydrogen-bond acceptors (Lipinski definition) is 4. The number of nitrogens with one attached hydrogen (secondary N) is 1. The highest BCUT2D eigenvalue weighted by Crippen LogP contribution is 2.38. The first-order chi connectivity index (χ1) is 16.7. The average Bonchev–Trinajstić information content (AvgIpc) is 2.85. The van der Waals surface area contributed by atoms with E-state index in [1.54, 1.807) is 0 Å². The van der Waals surface area contributed by atoms with Crippen LogP contribution in [0.5, 0.6) is 0 Å². The van der Waals surface area contributed by atoms with Crippen LogP contribution < -0.4 is 20.6 Å². The molecule has 184 valence electrons. The smallest absolute Gasteiger partial charge is 0.305 e. The maximum atomic E-state index is 11.4. The van der Waals surface area contributed by atoms with E-state index >= 15 is 0 Å². The van der Waals surface area contributed by atoms with E-state index in [0.29, 0.717) is 6.42 Å². The summed E-state index contributed by atoms with van der Waals surface area (Å²) in [7, 11) is 3.76. The molecule has 5 heteroatoms. The van der Waals surface area contributed by atoms with Gasteiger partial charge in [-0.3, -0.25) is 4.79 Å². The van der Waals surface area contributed by atoms with Crippen LogP contribution in [-0.4, -0.2) is 41.8 Å². The number of nitrogens with zero attached hydrogens (tertiary/aromatic N) is 1. The Morgan fingerprint density at radius 2 is 1.66 bits per heavy atom. The number of rotatable bonds is 8. The van der Waals surface area contributed by atoms with Gasteiger partial charge in [0, 0.05) is 38.7 Å². The van der Waals surface area contributed by atoms with Crippen molar-refractivity contribution < 1.29 is 9.53 Å². The summed E-state index contributed by atoms with van der Waals surface area (Å²) in [6.45, 7) is 8.82. The van der Waals surface area contributed by atoms with E-state index in [1.807, 2.05) is 0 Å². The molecule has 1 N–H and O–H groups in total. The lowest BCUT2D eigenvalue weighted by molar-refractivity contribution is -0.140. The minimum absolute atomic E-state index is 0.147. The Morgan fingerprint density at radius 1 is 0.971 bits per heavy atom. The zero-order valence-corrected chi connectivity index (χ0v) is 22.9. The van der Waals surface area contributed by atoms with Crippen molar-refractivity contribution in [1.82, 2.24) is 5.32 Å². The molecular formula is C30H38N2O2Si. The van der Waals surface area contributed by atoms with Crippen LogP contribution in [0, 0.1) is 6.92 Å². The van der Waals surface area contributed by atoms with Crippen molar-refractivity contribution in [3.63, 3.8) is 0 Å². The number of methoxy groups -OCH3 is 1. The average molecular weight is 487 g/mol. The van der Waals surface area contributed by atoms with E-state index in [0.717, 1.165) is 19.5 Å². The van der Waals surface area contributed by atoms with Crippen molar-refractivity contribution in [1.29, 1.82) is 0 Å². The van der Waals surface area contributed by atoms with Gasteiger partial charge in [0.1, 0.15) is 8.07 Å². The maximum absolute atomic E-state index is 11.4. The molecule has 3 aromatic carbocycles. The number of anilines is 1. The minimum atomic E-state index is -1.92. The molecule has 0 saturated carbocycles. The summed E-state index contributed by atoms with van der Waals surface area (Å²) in [5.74, 6) is 0.103. The van der Waals surface area contributed by atoms with Crippen LogP contribution in [0.4, 0.5) is 5.69 Å². The Bertz CT molecular complexity index is 1220. The third-order valence-electron chi connectivity index (χ3n) is 7.43. The summed E-state index contributed by atoms with van der Waals surface area (Å²) in [5, 5.41) is 6.58. The van der Waals surface area contributed by atoms with Gasteiger partial charge in [0.15, 0.2) is 0 Å². The van der Waals surface area contributed by atoms with Crippen molar-refractivity contribution >= 4 is 30.1 Å². The summed E-state index contributed by atoms with van der Waals surface area (Å²) in [6, 6.07) is 23.0. The Kier molecular flexibility index (Phi) is 7.48. The van der Waals surface area contributed by atoms with Crippen molar-refractivity contribution in [2.24, 2.45) is 0 Å². The van der Waals surface area contributed by atoms with Crippen LogP contribution >= 0.6 is 0 Å². The molecule has 0 bridgehead atoms. The zero-order chi connectivity index (χ0) is 25.2. The zero-order valence-electron chi connectivity index (χ0n) is 21.9. The Hall–Kier alpha value is -2.89. The van der Waals surface area contributed by atoms with Gasteiger partial charge in [-0.05, 0) is 65.0 Å². The predicted octanol–water partition coefficient (Wildman–Crippen LogP) is 4.42. The van der Waals surface area contributed by atoms with Gasteiger partial charge in [-0.25, -0.2) is 0 Å². The van der Waals surface area contributed by atoms with E-state index < -0.39 is 8.07 Å². The Balaban J connectivity index is 1.73. The van der Waals surface area contributed by atoms with Crippen molar-refractivity contribution in [2.75, 3.05) is 32.6 Å². The first-order valence-electron chi connectivity index (χ1n) is 12.5. The molecule has 35 heavy (non-hydrogen) atoms. The standard InChI is InChI=1S/C30H38N2O2Si/c1-21-10-7-8-11-24(21)30-25-15-13-22(20-31-17-9-12-29(33)34-4)18-27(25)35(5,6)28-19-23(32(2)3)14-16-26(28)30/h7-8,10-11,13-16,18-19,30-31H,9,12,17,20H2,1-6H3. The van der Waals surface area contributed by atoms with Gasteiger partial charge in [-0.2, -0.15) is 0 Å². The number of hydrogen-bond donors (Lipinski definition) is 1. The van der Waals surface area contributed by atoms with Crippen molar-refractivity contribution in [2.45, 2.75) is 45.3 Å². The number of aryl methyl sites for hydroxylation is 1. The first kappa shape index (κ1) is 25.2. The summed E-state index contributed by atoms with van der Waals surface area (Å²) >= 11 is 0. The Labute approximate surface area is 211 Å². The fourth-order valence-electron chi connectivity index (χ4n) is 5.37. The highest BCUT2D eigenvalue weighted by atomic mass is 28.3. The van der Waals surface area contributed by atoms with Crippen molar-refractivity contribution in [3.8, 4) is 0 Å². The second kappa shape index (κ2) is 10.4. The van der Waals surface area contributed by atoms with Gasteiger partial charge in [0.2, 0.25) is 0 Å². The Morgan fingerprint density at radius 3 is 2.34 bits per heavy atom. The molecular weight excluding hydrogens is 448 g/mol. The van der Waals surface area contributed by atoms with Crippen LogP contribution in [0.3, 0.4) is 0 Å². The topological polar surface area (TPSA) is 41.6 Å². The highest BCUT2D eigenvalue weighted by Gasteiger charge is 2.40. The predicted molar refractivity (Wildman–Crippen MR) is 149 cm³/mol. The minimum Gasteiger partial charge on any atom is -0.469 e. The number of carbonyl (C=O) groups is 1. The summed E-state index contributed by atoms with van der Waals surface area (Å²) in [5.41, 5.74) is 8.21. The van der Waals surface area contributed by atoms with Gasteiger partial charge in [-0.1, -0.05) is 66.8 Å². The maximum Gasteiger partial charge on any atom is 0.305 e. The van der Waals surface area contributed by atoms with Crippen LogP contribution in [0.15, 0.2) is 60.7 Å². The quantitative estimate of drug-likeness (QED) is 0.291. The highest BCUT2D eigenvalue weighted by molar-refractivity contribution is 7.01. The summed E-state index contributed by atoms with van der Waals surface area (Å²) < 4.78 is 4.74. The lowest BCUT2D eigenvalue weighted by atomic mass is 9.82. The molecule has 1 heterocycles. The largest absolute Gasteiger partial charge is 0.469 e. The van der Waals surface area contributed by atoms with E-state index in [-0.39, 0.29) is 11.9 Å². The monoisotopic (exact) mass is 486 g/mol. The van der Waals surface area contributed by atoms with Gasteiger partial charge < -0.3 is 15.0 Å². The second-order valence-corrected chi connectivity index (χ2v) is 14.7. The second-order valence-electron chi connectivity index (χ2n) is 10.4. The molecule has 4 nitrogen and oxygen atoms in total.